The maximum absolute atomic E-state index is 5.35. The van der Waals surface area contributed by atoms with Gasteiger partial charge in [-0.3, -0.25) is 0 Å². The van der Waals surface area contributed by atoms with E-state index in [0.29, 0.717) is 0 Å². The maximum Gasteiger partial charge on any atom is 0.141 e. The van der Waals surface area contributed by atoms with Gasteiger partial charge in [-0.2, -0.15) is 0 Å². The highest BCUT2D eigenvalue weighted by molar-refractivity contribution is 7.18. The molecule has 1 fully saturated rings. The fraction of sp³-hybridized carbons (Fsp3) is 0.368. The Kier molecular flexibility index (Phi) is 4.21. The number of nitrogens with zero attached hydrogens (tertiary/aromatic N) is 4. The fourth-order valence-electron chi connectivity index (χ4n) is 3.39. The molecule has 0 radical (unpaired) electrons. The number of anilines is 2. The summed E-state index contributed by atoms with van der Waals surface area (Å²) in [6.07, 6.45) is 1.70. The fourth-order valence-corrected chi connectivity index (χ4v) is 4.38. The lowest BCUT2D eigenvalue weighted by atomic mass is 10.2. The summed E-state index contributed by atoms with van der Waals surface area (Å²) in [6, 6.07) is 8.28. The minimum Gasteiger partial charge on any atom is -0.497 e. The summed E-state index contributed by atoms with van der Waals surface area (Å²) in [5, 5.41) is 1.22. The van der Waals surface area contributed by atoms with E-state index < -0.39 is 0 Å². The van der Waals surface area contributed by atoms with Crippen molar-refractivity contribution in [2.45, 2.75) is 13.8 Å². The minimum absolute atomic E-state index is 0.904. The first-order valence-corrected chi connectivity index (χ1v) is 9.33. The molecule has 0 spiro atoms. The third-order valence-corrected chi connectivity index (χ3v) is 6.06. The summed E-state index contributed by atoms with van der Waals surface area (Å²) < 4.78 is 5.35. The number of fused-ring (bicyclic) bond motifs is 1. The van der Waals surface area contributed by atoms with Crippen molar-refractivity contribution in [2.75, 3.05) is 43.1 Å². The van der Waals surface area contributed by atoms with Crippen LogP contribution in [0.15, 0.2) is 30.6 Å². The average Bonchev–Trinajstić information content (AvgIpc) is 2.96. The van der Waals surface area contributed by atoms with Gasteiger partial charge in [-0.1, -0.05) is 6.07 Å². The zero-order valence-electron chi connectivity index (χ0n) is 14.8. The molecular weight excluding hydrogens is 332 g/mol. The van der Waals surface area contributed by atoms with Crippen molar-refractivity contribution < 1.29 is 4.74 Å². The molecule has 0 atom stereocenters. The molecule has 0 bridgehead atoms. The molecule has 25 heavy (non-hydrogen) atoms. The van der Waals surface area contributed by atoms with Gasteiger partial charge in [-0.25, -0.2) is 9.97 Å². The van der Waals surface area contributed by atoms with Crippen LogP contribution in [0.3, 0.4) is 0 Å². The molecule has 0 saturated carbocycles. The molecule has 0 unspecified atom stereocenters. The van der Waals surface area contributed by atoms with Crippen LogP contribution in [-0.2, 0) is 0 Å². The summed E-state index contributed by atoms with van der Waals surface area (Å²) in [5.41, 5.74) is 2.53. The smallest absolute Gasteiger partial charge is 0.141 e. The van der Waals surface area contributed by atoms with Crippen LogP contribution in [0.4, 0.5) is 11.5 Å². The second kappa shape index (κ2) is 6.52. The SMILES string of the molecule is COc1cccc(N2CCN(c3ncnc4sc(C)c(C)c34)CC2)c1. The van der Waals surface area contributed by atoms with Crippen molar-refractivity contribution in [3.05, 3.63) is 41.0 Å². The second-order valence-corrected chi connectivity index (χ2v) is 7.54. The van der Waals surface area contributed by atoms with Crippen LogP contribution in [0, 0.1) is 13.8 Å². The molecule has 3 aromatic rings. The number of aromatic nitrogens is 2. The number of benzene rings is 1. The van der Waals surface area contributed by atoms with Crippen LogP contribution >= 0.6 is 11.3 Å². The zero-order valence-corrected chi connectivity index (χ0v) is 15.6. The number of thiophene rings is 1. The Bertz CT molecular complexity index is 900. The maximum atomic E-state index is 5.35. The highest BCUT2D eigenvalue weighted by atomic mass is 32.1. The predicted molar refractivity (Wildman–Crippen MR) is 104 cm³/mol. The molecule has 0 N–H and O–H groups in total. The van der Waals surface area contributed by atoms with Gasteiger partial charge in [0, 0.05) is 42.8 Å². The first-order chi connectivity index (χ1) is 12.2. The molecule has 0 amide bonds. The Morgan fingerprint density at radius 3 is 2.56 bits per heavy atom. The molecule has 3 heterocycles. The van der Waals surface area contributed by atoms with Gasteiger partial charge in [-0.15, -0.1) is 11.3 Å². The van der Waals surface area contributed by atoms with E-state index >= 15 is 0 Å². The molecule has 6 heteroatoms. The molecule has 1 saturated heterocycles. The molecule has 5 nitrogen and oxygen atoms in total. The van der Waals surface area contributed by atoms with E-state index in [0.717, 1.165) is 42.6 Å². The van der Waals surface area contributed by atoms with Gasteiger partial charge in [0.15, 0.2) is 0 Å². The van der Waals surface area contributed by atoms with E-state index in [1.165, 1.54) is 21.5 Å². The Morgan fingerprint density at radius 2 is 1.80 bits per heavy atom. The quantitative estimate of drug-likeness (QED) is 0.718. The van der Waals surface area contributed by atoms with E-state index in [-0.39, 0.29) is 0 Å². The predicted octanol–water partition coefficient (Wildman–Crippen LogP) is 3.64. The number of hydrogen-bond acceptors (Lipinski definition) is 6. The Morgan fingerprint density at radius 1 is 1.04 bits per heavy atom. The van der Waals surface area contributed by atoms with E-state index in [9.17, 15) is 0 Å². The van der Waals surface area contributed by atoms with E-state index in [2.05, 4.69) is 45.7 Å². The Hall–Kier alpha value is -2.34. The van der Waals surface area contributed by atoms with Crippen molar-refractivity contribution in [3.8, 4) is 5.75 Å². The van der Waals surface area contributed by atoms with Crippen LogP contribution in [0.1, 0.15) is 10.4 Å². The summed E-state index contributed by atoms with van der Waals surface area (Å²) in [7, 11) is 1.71. The summed E-state index contributed by atoms with van der Waals surface area (Å²) >= 11 is 1.76. The summed E-state index contributed by atoms with van der Waals surface area (Å²) in [5.74, 6) is 1.99. The van der Waals surface area contributed by atoms with Gasteiger partial charge >= 0.3 is 0 Å². The highest BCUT2D eigenvalue weighted by Crippen LogP contribution is 2.34. The molecule has 130 valence electrons. The molecule has 2 aromatic heterocycles. The average molecular weight is 354 g/mol. The molecule has 1 aliphatic heterocycles. The van der Waals surface area contributed by atoms with Crippen molar-refractivity contribution in [3.63, 3.8) is 0 Å². The van der Waals surface area contributed by atoms with Gasteiger partial charge in [0.2, 0.25) is 0 Å². The van der Waals surface area contributed by atoms with E-state index in [1.807, 2.05) is 12.1 Å². The molecule has 4 rings (SSSR count). The van der Waals surface area contributed by atoms with Crippen LogP contribution in [-0.4, -0.2) is 43.3 Å². The first-order valence-electron chi connectivity index (χ1n) is 8.52. The Labute approximate surface area is 151 Å². The van der Waals surface area contributed by atoms with Crippen LogP contribution in [0.5, 0.6) is 5.75 Å². The highest BCUT2D eigenvalue weighted by Gasteiger charge is 2.22. The monoisotopic (exact) mass is 354 g/mol. The number of hydrogen-bond donors (Lipinski definition) is 0. The Balaban J connectivity index is 1.56. The summed E-state index contributed by atoms with van der Waals surface area (Å²) in [4.78, 5) is 16.3. The topological polar surface area (TPSA) is 41.5 Å². The van der Waals surface area contributed by atoms with Gasteiger partial charge in [0.1, 0.15) is 22.7 Å². The lowest BCUT2D eigenvalue weighted by Crippen LogP contribution is -2.46. The minimum atomic E-state index is 0.904. The van der Waals surface area contributed by atoms with Gasteiger partial charge in [0.25, 0.3) is 0 Å². The molecular formula is C19H22N4OS. The number of aryl methyl sites for hydroxylation is 2. The van der Waals surface area contributed by atoms with Crippen molar-refractivity contribution >= 4 is 33.1 Å². The van der Waals surface area contributed by atoms with Crippen molar-refractivity contribution in [2.24, 2.45) is 0 Å². The number of methoxy groups -OCH3 is 1. The van der Waals surface area contributed by atoms with Gasteiger partial charge < -0.3 is 14.5 Å². The number of piperazine rings is 1. The standard InChI is InChI=1S/C19H22N4OS/c1-13-14(2)25-19-17(13)18(20-12-21-19)23-9-7-22(8-10-23)15-5-4-6-16(11-15)24-3/h4-6,11-12H,7-10H2,1-3H3. The molecule has 1 aromatic carbocycles. The summed E-state index contributed by atoms with van der Waals surface area (Å²) in [6.45, 7) is 8.19. The molecule has 0 aliphatic carbocycles. The van der Waals surface area contributed by atoms with E-state index in [4.69, 9.17) is 4.74 Å². The van der Waals surface area contributed by atoms with Crippen molar-refractivity contribution in [1.82, 2.24) is 9.97 Å². The van der Waals surface area contributed by atoms with Gasteiger partial charge in [-0.05, 0) is 31.5 Å². The van der Waals surface area contributed by atoms with Gasteiger partial charge in [0.05, 0.1) is 12.5 Å². The normalized spacial score (nSPS) is 15.0. The van der Waals surface area contributed by atoms with Crippen LogP contribution in [0.2, 0.25) is 0 Å². The number of ether oxygens (including phenoxy) is 1. The largest absolute Gasteiger partial charge is 0.497 e. The third-order valence-electron chi connectivity index (χ3n) is 4.94. The first kappa shape index (κ1) is 16.1. The van der Waals surface area contributed by atoms with Crippen molar-refractivity contribution in [1.29, 1.82) is 0 Å². The zero-order chi connectivity index (χ0) is 17.4. The lowest BCUT2D eigenvalue weighted by Gasteiger charge is -2.37. The van der Waals surface area contributed by atoms with Crippen LogP contribution < -0.4 is 14.5 Å². The lowest BCUT2D eigenvalue weighted by molar-refractivity contribution is 0.414. The molecule has 1 aliphatic rings. The number of rotatable bonds is 3. The van der Waals surface area contributed by atoms with E-state index in [1.54, 1.807) is 24.8 Å². The third kappa shape index (κ3) is 2.91. The second-order valence-electron chi connectivity index (χ2n) is 6.34. The van der Waals surface area contributed by atoms with Crippen LogP contribution in [0.25, 0.3) is 10.2 Å².